The number of nitrogens with zero attached hydrogens (tertiary/aromatic N) is 4. The molecule has 0 N–H and O–H groups in total. The zero-order chi connectivity index (χ0) is 20.6. The summed E-state index contributed by atoms with van der Waals surface area (Å²) >= 11 is 0. The first kappa shape index (κ1) is 19.5. The van der Waals surface area contributed by atoms with Gasteiger partial charge in [0.2, 0.25) is 0 Å². The van der Waals surface area contributed by atoms with Gasteiger partial charge >= 0.3 is 11.7 Å². The Morgan fingerprint density at radius 1 is 1.18 bits per heavy atom. The highest BCUT2D eigenvalue weighted by Gasteiger charge is 2.20. The van der Waals surface area contributed by atoms with E-state index in [1.54, 1.807) is 40.1 Å². The van der Waals surface area contributed by atoms with Gasteiger partial charge in [0.25, 0.3) is 0 Å². The standard InChI is InChI=1S/C20H22N4O4/c1-12(25)18-15-8-13(14-9-21-19(27)23(5)10-14)6-7-16(15)24(22-18)11-17(26)28-20(2,3)4/h6-10H,11H2,1-5H3. The normalized spacial score (nSPS) is 11.6. The van der Waals surface area contributed by atoms with Crippen LogP contribution in [-0.2, 0) is 23.1 Å². The highest BCUT2D eigenvalue weighted by molar-refractivity contribution is 6.06. The fourth-order valence-electron chi connectivity index (χ4n) is 2.90. The number of carbonyl (C=O) groups is 2. The monoisotopic (exact) mass is 382 g/mol. The summed E-state index contributed by atoms with van der Waals surface area (Å²) in [5.74, 6) is -0.637. The Labute approximate surface area is 161 Å². The lowest BCUT2D eigenvalue weighted by molar-refractivity contribution is -0.155. The average Bonchev–Trinajstić information content (AvgIpc) is 2.93. The van der Waals surface area contributed by atoms with E-state index in [0.29, 0.717) is 10.9 Å². The number of ether oxygens (including phenoxy) is 1. The zero-order valence-corrected chi connectivity index (χ0v) is 16.5. The summed E-state index contributed by atoms with van der Waals surface area (Å²) < 4.78 is 8.21. The van der Waals surface area contributed by atoms with Crippen LogP contribution in [0.25, 0.3) is 22.0 Å². The first-order valence-electron chi connectivity index (χ1n) is 8.81. The van der Waals surface area contributed by atoms with Gasteiger partial charge in [0.1, 0.15) is 17.8 Å². The predicted molar refractivity (Wildman–Crippen MR) is 104 cm³/mol. The number of ketones is 1. The van der Waals surface area contributed by atoms with Gasteiger partial charge in [0.15, 0.2) is 5.78 Å². The second-order valence-electron chi connectivity index (χ2n) is 7.62. The van der Waals surface area contributed by atoms with E-state index in [1.165, 1.54) is 22.4 Å². The number of aromatic nitrogens is 4. The summed E-state index contributed by atoms with van der Waals surface area (Å²) in [7, 11) is 1.62. The number of hydrogen-bond acceptors (Lipinski definition) is 6. The maximum Gasteiger partial charge on any atom is 0.347 e. The first-order valence-corrected chi connectivity index (χ1v) is 8.81. The Balaban J connectivity index is 2.06. The first-order chi connectivity index (χ1) is 13.0. The maximum absolute atomic E-state index is 12.2. The summed E-state index contributed by atoms with van der Waals surface area (Å²) in [5.41, 5.74) is 1.50. The molecule has 3 aromatic rings. The van der Waals surface area contributed by atoms with Gasteiger partial charge in [-0.1, -0.05) is 6.07 Å². The molecule has 0 aliphatic rings. The molecule has 8 nitrogen and oxygen atoms in total. The molecule has 0 spiro atoms. The van der Waals surface area contributed by atoms with Crippen LogP contribution in [0.2, 0.25) is 0 Å². The average molecular weight is 382 g/mol. The van der Waals surface area contributed by atoms with E-state index < -0.39 is 11.6 Å². The number of carbonyl (C=O) groups excluding carboxylic acids is 2. The number of rotatable bonds is 4. The highest BCUT2D eigenvalue weighted by atomic mass is 16.6. The molecule has 0 aliphatic carbocycles. The number of fused-ring (bicyclic) bond motifs is 1. The molecule has 0 radical (unpaired) electrons. The number of benzene rings is 1. The molecule has 0 aliphatic heterocycles. The molecule has 0 atom stereocenters. The van der Waals surface area contributed by atoms with Gasteiger partial charge in [-0.05, 0) is 38.5 Å². The fourth-order valence-corrected chi connectivity index (χ4v) is 2.90. The molecule has 1 aromatic carbocycles. The molecular formula is C20H22N4O4. The molecule has 2 heterocycles. The Bertz CT molecular complexity index is 1140. The van der Waals surface area contributed by atoms with Crippen LogP contribution in [0.3, 0.4) is 0 Å². The quantitative estimate of drug-likeness (QED) is 0.508. The van der Waals surface area contributed by atoms with Crippen LogP contribution in [0.4, 0.5) is 0 Å². The van der Waals surface area contributed by atoms with E-state index >= 15 is 0 Å². The smallest absolute Gasteiger partial charge is 0.347 e. The number of Topliss-reactive ketones (excluding diaryl/α,β-unsaturated/α-hetero) is 1. The summed E-state index contributed by atoms with van der Waals surface area (Å²) in [6.45, 7) is 6.71. The van der Waals surface area contributed by atoms with Crippen LogP contribution >= 0.6 is 0 Å². The summed E-state index contributed by atoms with van der Waals surface area (Å²) in [5, 5.41) is 4.95. The topological polar surface area (TPSA) is 96.1 Å². The van der Waals surface area contributed by atoms with Crippen LogP contribution in [-0.4, -0.2) is 36.7 Å². The van der Waals surface area contributed by atoms with Crippen molar-refractivity contribution in [1.82, 2.24) is 19.3 Å². The Kier molecular flexibility index (Phi) is 4.89. The van der Waals surface area contributed by atoms with Crippen molar-refractivity contribution in [1.29, 1.82) is 0 Å². The predicted octanol–water partition coefficient (Wildman–Crippen LogP) is 2.34. The van der Waals surface area contributed by atoms with Crippen LogP contribution < -0.4 is 5.69 Å². The van der Waals surface area contributed by atoms with E-state index in [4.69, 9.17) is 4.74 Å². The van der Waals surface area contributed by atoms with Gasteiger partial charge in [-0.25, -0.2) is 9.78 Å². The van der Waals surface area contributed by atoms with Gasteiger partial charge in [0.05, 0.1) is 5.52 Å². The molecule has 0 fully saturated rings. The molecule has 0 amide bonds. The minimum Gasteiger partial charge on any atom is -0.459 e. The molecule has 146 valence electrons. The van der Waals surface area contributed by atoms with Crippen LogP contribution in [0.15, 0.2) is 35.4 Å². The minimum absolute atomic E-state index is 0.0954. The van der Waals surface area contributed by atoms with Crippen LogP contribution in [0.1, 0.15) is 38.2 Å². The van der Waals surface area contributed by atoms with Gasteiger partial charge in [0, 0.05) is 37.3 Å². The van der Waals surface area contributed by atoms with E-state index in [9.17, 15) is 14.4 Å². The minimum atomic E-state index is -0.604. The Morgan fingerprint density at radius 3 is 2.50 bits per heavy atom. The van der Waals surface area contributed by atoms with Gasteiger partial charge in [-0.3, -0.25) is 14.3 Å². The Morgan fingerprint density at radius 2 is 1.89 bits per heavy atom. The third-order valence-corrected chi connectivity index (χ3v) is 4.06. The third-order valence-electron chi connectivity index (χ3n) is 4.06. The molecule has 2 aromatic heterocycles. The van der Waals surface area contributed by atoms with Gasteiger partial charge in [-0.2, -0.15) is 5.10 Å². The van der Waals surface area contributed by atoms with Crippen molar-refractivity contribution in [3.05, 3.63) is 46.8 Å². The van der Waals surface area contributed by atoms with Crippen LogP contribution in [0.5, 0.6) is 0 Å². The molecule has 8 heteroatoms. The number of aryl methyl sites for hydroxylation is 1. The highest BCUT2D eigenvalue weighted by Crippen LogP contribution is 2.26. The van der Waals surface area contributed by atoms with Crippen molar-refractivity contribution in [3.63, 3.8) is 0 Å². The molecule has 0 unspecified atom stereocenters. The summed E-state index contributed by atoms with van der Waals surface area (Å²) in [4.78, 5) is 39.6. The summed E-state index contributed by atoms with van der Waals surface area (Å²) in [6, 6.07) is 5.44. The van der Waals surface area contributed by atoms with E-state index in [2.05, 4.69) is 10.1 Å². The lowest BCUT2D eigenvalue weighted by atomic mass is 10.0. The lowest BCUT2D eigenvalue weighted by Crippen LogP contribution is -2.26. The second-order valence-corrected chi connectivity index (χ2v) is 7.62. The molecule has 3 rings (SSSR count). The fraction of sp³-hybridized carbons (Fsp3) is 0.350. The molecule has 0 saturated carbocycles. The number of esters is 1. The largest absolute Gasteiger partial charge is 0.459 e. The Hall–Kier alpha value is -3.29. The van der Waals surface area contributed by atoms with Crippen molar-refractivity contribution in [3.8, 4) is 11.1 Å². The van der Waals surface area contributed by atoms with Crippen molar-refractivity contribution in [2.24, 2.45) is 7.05 Å². The van der Waals surface area contributed by atoms with Crippen molar-refractivity contribution in [2.45, 2.75) is 39.8 Å². The van der Waals surface area contributed by atoms with Gasteiger partial charge in [-0.15, -0.1) is 0 Å². The summed E-state index contributed by atoms with van der Waals surface area (Å²) in [6.07, 6.45) is 3.16. The van der Waals surface area contributed by atoms with Crippen molar-refractivity contribution >= 4 is 22.7 Å². The van der Waals surface area contributed by atoms with E-state index in [-0.39, 0.29) is 23.7 Å². The number of hydrogen-bond donors (Lipinski definition) is 0. The van der Waals surface area contributed by atoms with Gasteiger partial charge < -0.3 is 9.30 Å². The lowest BCUT2D eigenvalue weighted by Gasteiger charge is -2.19. The maximum atomic E-state index is 12.2. The van der Waals surface area contributed by atoms with Crippen molar-refractivity contribution in [2.75, 3.05) is 0 Å². The SMILES string of the molecule is CC(=O)c1nn(CC(=O)OC(C)(C)C)c2ccc(-c3cnc(=O)n(C)c3)cc12. The van der Waals surface area contributed by atoms with E-state index in [1.807, 2.05) is 12.1 Å². The van der Waals surface area contributed by atoms with E-state index in [0.717, 1.165) is 11.1 Å². The molecule has 0 bridgehead atoms. The molecular weight excluding hydrogens is 360 g/mol. The zero-order valence-electron chi connectivity index (χ0n) is 16.5. The molecule has 28 heavy (non-hydrogen) atoms. The third kappa shape index (κ3) is 4.00. The van der Waals surface area contributed by atoms with Crippen LogP contribution in [0, 0.1) is 0 Å². The second kappa shape index (κ2) is 7.03. The van der Waals surface area contributed by atoms with Crippen molar-refractivity contribution < 1.29 is 14.3 Å². The molecule has 0 saturated heterocycles.